The molecule has 1 N–H and O–H groups in total. The van der Waals surface area contributed by atoms with Gasteiger partial charge in [-0.3, -0.25) is 4.79 Å². The number of oxime groups is 1. The molecule has 0 aromatic heterocycles. The number of hydrogen-bond donors (Lipinski definition) is 1. The fourth-order valence-electron chi connectivity index (χ4n) is 2.02. The highest BCUT2D eigenvalue weighted by Gasteiger charge is 2.13. The van der Waals surface area contributed by atoms with Crippen molar-refractivity contribution in [3.8, 4) is 0 Å². The van der Waals surface area contributed by atoms with Crippen molar-refractivity contribution in [3.05, 3.63) is 65.5 Å². The number of hydrogen-bond acceptors (Lipinski definition) is 3. The largest absolute Gasteiger partial charge is 0.386 e. The quantitative estimate of drug-likeness (QED) is 0.663. The summed E-state index contributed by atoms with van der Waals surface area (Å²) in [6.07, 6.45) is 1.24. The first-order valence-electron chi connectivity index (χ1n) is 7.66. The fourth-order valence-corrected chi connectivity index (χ4v) is 2.02. The van der Waals surface area contributed by atoms with Crippen LogP contribution in [0.15, 0.2) is 53.7 Å². The number of nitrogens with one attached hydrogen (secondary N) is 1. The first-order chi connectivity index (χ1) is 11.4. The van der Waals surface area contributed by atoms with Gasteiger partial charge >= 0.3 is 0 Å². The minimum Gasteiger partial charge on any atom is -0.386 e. The predicted octanol–water partition coefficient (Wildman–Crippen LogP) is 4.11. The molecule has 0 aliphatic rings. The molecule has 0 bridgehead atoms. The highest BCUT2D eigenvalue weighted by Crippen LogP contribution is 2.23. The Morgan fingerprint density at radius 2 is 1.83 bits per heavy atom. The van der Waals surface area contributed by atoms with E-state index in [4.69, 9.17) is 4.84 Å². The first-order valence-corrected chi connectivity index (χ1v) is 7.66. The zero-order valence-electron chi connectivity index (χ0n) is 14.0. The maximum Gasteiger partial charge on any atom is 0.265 e. The summed E-state index contributed by atoms with van der Waals surface area (Å²) in [5.74, 6) is -0.725. The number of nitrogens with zero attached hydrogens (tertiary/aromatic N) is 1. The van der Waals surface area contributed by atoms with E-state index in [1.807, 2.05) is 24.3 Å². The maximum absolute atomic E-state index is 13.4. The van der Waals surface area contributed by atoms with Gasteiger partial charge in [0.15, 0.2) is 6.61 Å². The average molecular weight is 328 g/mol. The van der Waals surface area contributed by atoms with Crippen molar-refractivity contribution in [2.75, 3.05) is 11.9 Å². The van der Waals surface area contributed by atoms with Crippen LogP contribution >= 0.6 is 0 Å². The molecule has 24 heavy (non-hydrogen) atoms. The van der Waals surface area contributed by atoms with Gasteiger partial charge in [0.2, 0.25) is 0 Å². The van der Waals surface area contributed by atoms with Gasteiger partial charge in [-0.05, 0) is 29.2 Å². The van der Waals surface area contributed by atoms with Crippen molar-refractivity contribution in [2.24, 2.45) is 5.16 Å². The van der Waals surface area contributed by atoms with Gasteiger partial charge in [-0.25, -0.2) is 4.39 Å². The van der Waals surface area contributed by atoms with E-state index in [1.54, 1.807) is 18.2 Å². The van der Waals surface area contributed by atoms with Gasteiger partial charge in [0, 0.05) is 11.3 Å². The van der Waals surface area contributed by atoms with Crippen LogP contribution in [0.4, 0.5) is 10.1 Å². The van der Waals surface area contributed by atoms with Crippen LogP contribution in [-0.2, 0) is 15.0 Å². The molecule has 0 saturated heterocycles. The molecule has 0 saturated carbocycles. The Hall–Kier alpha value is -2.69. The molecule has 0 spiro atoms. The number of anilines is 1. The van der Waals surface area contributed by atoms with Gasteiger partial charge in [-0.15, -0.1) is 0 Å². The molecule has 2 rings (SSSR count). The molecule has 1 amide bonds. The van der Waals surface area contributed by atoms with Gasteiger partial charge in [0.25, 0.3) is 5.91 Å². The Morgan fingerprint density at radius 1 is 1.17 bits per heavy atom. The summed E-state index contributed by atoms with van der Waals surface area (Å²) < 4.78 is 13.4. The van der Waals surface area contributed by atoms with Gasteiger partial charge in [0.1, 0.15) is 5.82 Å². The van der Waals surface area contributed by atoms with Crippen LogP contribution in [0.5, 0.6) is 0 Å². The Bertz CT molecular complexity index is 719. The summed E-state index contributed by atoms with van der Waals surface area (Å²) >= 11 is 0. The van der Waals surface area contributed by atoms with E-state index in [0.717, 1.165) is 0 Å². The molecule has 126 valence electrons. The molecule has 0 heterocycles. The SMILES string of the molecule is CC(C)(C)c1ccc(NC(=O)CO/N=C\c2ccccc2F)cc1. The summed E-state index contributed by atoms with van der Waals surface area (Å²) in [6, 6.07) is 13.8. The van der Waals surface area contributed by atoms with E-state index in [1.165, 1.54) is 17.8 Å². The molecule has 2 aromatic rings. The summed E-state index contributed by atoms with van der Waals surface area (Å²) in [4.78, 5) is 16.7. The second-order valence-electron chi connectivity index (χ2n) is 6.40. The van der Waals surface area contributed by atoms with Crippen LogP contribution in [0.3, 0.4) is 0 Å². The zero-order chi connectivity index (χ0) is 17.6. The number of carbonyl (C=O) groups is 1. The summed E-state index contributed by atoms with van der Waals surface area (Å²) in [6.45, 7) is 6.14. The summed E-state index contributed by atoms with van der Waals surface area (Å²) in [7, 11) is 0. The molecule has 4 nitrogen and oxygen atoms in total. The summed E-state index contributed by atoms with van der Waals surface area (Å²) in [5, 5.41) is 6.32. The summed E-state index contributed by atoms with van der Waals surface area (Å²) in [5.41, 5.74) is 2.24. The van der Waals surface area contributed by atoms with Crippen molar-refractivity contribution in [2.45, 2.75) is 26.2 Å². The van der Waals surface area contributed by atoms with Crippen LogP contribution in [0, 0.1) is 5.82 Å². The van der Waals surface area contributed by atoms with Crippen molar-refractivity contribution < 1.29 is 14.0 Å². The minimum atomic E-state index is -0.395. The van der Waals surface area contributed by atoms with Crippen molar-refractivity contribution in [3.63, 3.8) is 0 Å². The third-order valence-corrected chi connectivity index (χ3v) is 3.40. The Balaban J connectivity index is 1.82. The van der Waals surface area contributed by atoms with Crippen LogP contribution in [-0.4, -0.2) is 18.7 Å². The Morgan fingerprint density at radius 3 is 2.46 bits per heavy atom. The molecular formula is C19H21FN2O2. The number of amides is 1. The van der Waals surface area contributed by atoms with E-state index in [-0.39, 0.29) is 17.9 Å². The van der Waals surface area contributed by atoms with Gasteiger partial charge in [-0.1, -0.05) is 56.3 Å². The number of carbonyl (C=O) groups excluding carboxylic acids is 1. The lowest BCUT2D eigenvalue weighted by molar-refractivity contribution is -0.120. The highest BCUT2D eigenvalue weighted by atomic mass is 19.1. The number of halogens is 1. The Labute approximate surface area is 141 Å². The average Bonchev–Trinajstić information content (AvgIpc) is 2.53. The standard InChI is InChI=1S/C19H21FN2O2/c1-19(2,3)15-8-10-16(11-9-15)22-18(23)13-24-21-12-14-6-4-5-7-17(14)20/h4-12H,13H2,1-3H3,(H,22,23)/b21-12-. The normalized spacial score (nSPS) is 11.5. The maximum atomic E-state index is 13.4. The second kappa shape index (κ2) is 7.73. The topological polar surface area (TPSA) is 50.7 Å². The molecule has 5 heteroatoms. The second-order valence-corrected chi connectivity index (χ2v) is 6.40. The molecular weight excluding hydrogens is 307 g/mol. The van der Waals surface area contributed by atoms with Crippen LogP contribution < -0.4 is 5.32 Å². The molecule has 2 aromatic carbocycles. The van der Waals surface area contributed by atoms with Crippen molar-refractivity contribution in [1.29, 1.82) is 0 Å². The lowest BCUT2D eigenvalue weighted by atomic mass is 9.87. The third kappa shape index (κ3) is 5.19. The van der Waals surface area contributed by atoms with E-state index >= 15 is 0 Å². The lowest BCUT2D eigenvalue weighted by Gasteiger charge is -2.19. The molecule has 0 aliphatic heterocycles. The van der Waals surface area contributed by atoms with Gasteiger partial charge < -0.3 is 10.2 Å². The van der Waals surface area contributed by atoms with Gasteiger partial charge in [0.05, 0.1) is 6.21 Å². The van der Waals surface area contributed by atoms with E-state index in [0.29, 0.717) is 11.3 Å². The van der Waals surface area contributed by atoms with E-state index in [2.05, 4.69) is 31.2 Å². The molecule has 0 radical (unpaired) electrons. The monoisotopic (exact) mass is 328 g/mol. The van der Waals surface area contributed by atoms with Crippen molar-refractivity contribution >= 4 is 17.8 Å². The van der Waals surface area contributed by atoms with Crippen LogP contribution in [0.2, 0.25) is 0 Å². The molecule has 0 aliphatic carbocycles. The Kier molecular flexibility index (Phi) is 5.68. The fraction of sp³-hybridized carbons (Fsp3) is 0.263. The van der Waals surface area contributed by atoms with E-state index in [9.17, 15) is 9.18 Å². The smallest absolute Gasteiger partial charge is 0.265 e. The first kappa shape index (κ1) is 17.7. The molecule has 0 unspecified atom stereocenters. The third-order valence-electron chi connectivity index (χ3n) is 3.40. The van der Waals surface area contributed by atoms with Crippen LogP contribution in [0.25, 0.3) is 0 Å². The molecule has 0 atom stereocenters. The van der Waals surface area contributed by atoms with Gasteiger partial charge in [-0.2, -0.15) is 0 Å². The molecule has 0 fully saturated rings. The number of rotatable bonds is 5. The lowest BCUT2D eigenvalue weighted by Crippen LogP contribution is -2.17. The van der Waals surface area contributed by atoms with Crippen molar-refractivity contribution in [1.82, 2.24) is 0 Å². The highest BCUT2D eigenvalue weighted by molar-refractivity contribution is 5.91. The predicted molar refractivity (Wildman–Crippen MR) is 93.7 cm³/mol. The minimum absolute atomic E-state index is 0.0626. The number of benzene rings is 2. The van der Waals surface area contributed by atoms with Crippen LogP contribution in [0.1, 0.15) is 31.9 Å². The van der Waals surface area contributed by atoms with E-state index < -0.39 is 5.82 Å². The zero-order valence-corrected chi connectivity index (χ0v) is 14.0.